The predicted octanol–water partition coefficient (Wildman–Crippen LogP) is 2.13. The number of hydrogen-bond donors (Lipinski definition) is 4. The number of nitrogens with one attached hydrogen (secondary N) is 1. The van der Waals surface area contributed by atoms with E-state index in [9.17, 15) is 14.7 Å². The van der Waals surface area contributed by atoms with E-state index in [1.807, 2.05) is 12.1 Å². The summed E-state index contributed by atoms with van der Waals surface area (Å²) in [5.41, 5.74) is 12.6. The van der Waals surface area contributed by atoms with Crippen LogP contribution in [0.5, 0.6) is 11.6 Å². The van der Waals surface area contributed by atoms with Crippen LogP contribution in [0.25, 0.3) is 5.52 Å². The molecule has 0 unspecified atom stereocenters. The first-order valence-corrected chi connectivity index (χ1v) is 14.0. The molecule has 2 aliphatic carbocycles. The predicted molar refractivity (Wildman–Crippen MR) is 148 cm³/mol. The van der Waals surface area contributed by atoms with Crippen LogP contribution in [0.2, 0.25) is 0 Å². The van der Waals surface area contributed by atoms with E-state index in [1.54, 1.807) is 35.4 Å². The number of ether oxygens (including phenoxy) is 2. The number of rotatable bonds is 12. The van der Waals surface area contributed by atoms with E-state index in [0.29, 0.717) is 43.2 Å². The van der Waals surface area contributed by atoms with Crippen LogP contribution in [0.15, 0.2) is 24.5 Å². The number of fused-ring (bicyclic) bond motifs is 1. The maximum absolute atomic E-state index is 13.3. The average molecular weight is 554 g/mol. The van der Waals surface area contributed by atoms with E-state index in [-0.39, 0.29) is 36.1 Å². The Morgan fingerprint density at radius 1 is 1.15 bits per heavy atom. The molecule has 216 valence electrons. The Bertz CT molecular complexity index is 1360. The van der Waals surface area contributed by atoms with E-state index in [1.165, 1.54) is 0 Å². The molecule has 12 nitrogen and oxygen atoms in total. The highest BCUT2D eigenvalue weighted by atomic mass is 16.5. The number of aryl methyl sites for hydroxylation is 1. The molecule has 2 fully saturated rings. The lowest BCUT2D eigenvalue weighted by Crippen LogP contribution is -2.39. The van der Waals surface area contributed by atoms with Crippen molar-refractivity contribution >= 4 is 17.3 Å². The molecule has 0 radical (unpaired) electrons. The van der Waals surface area contributed by atoms with Crippen LogP contribution in [-0.2, 0) is 6.54 Å². The van der Waals surface area contributed by atoms with E-state index in [0.717, 1.165) is 43.3 Å². The summed E-state index contributed by atoms with van der Waals surface area (Å²) in [5.74, 6) is 0.522. The topological polar surface area (TPSA) is 172 Å². The van der Waals surface area contributed by atoms with Crippen molar-refractivity contribution < 1.29 is 24.2 Å². The Labute approximate surface area is 233 Å². The van der Waals surface area contributed by atoms with E-state index < -0.39 is 11.5 Å². The summed E-state index contributed by atoms with van der Waals surface area (Å²) in [5, 5.41) is 22.2. The molecular weight excluding hydrogens is 514 g/mol. The van der Waals surface area contributed by atoms with E-state index in [4.69, 9.17) is 20.9 Å². The molecule has 5 rings (SSSR count). The van der Waals surface area contributed by atoms with Crippen LogP contribution >= 0.6 is 0 Å². The minimum absolute atomic E-state index is 0.00248. The largest absolute Gasteiger partial charge is 0.489 e. The number of carbonyl (C=O) groups is 2. The van der Waals surface area contributed by atoms with Crippen molar-refractivity contribution in [3.63, 3.8) is 0 Å². The zero-order valence-corrected chi connectivity index (χ0v) is 23.1. The molecule has 12 heteroatoms. The van der Waals surface area contributed by atoms with Gasteiger partial charge in [0.2, 0.25) is 5.88 Å². The van der Waals surface area contributed by atoms with Crippen LogP contribution in [0, 0.1) is 0 Å². The molecule has 3 aromatic rings. The number of amides is 2. The molecule has 6 N–H and O–H groups in total. The van der Waals surface area contributed by atoms with Gasteiger partial charge in [0.15, 0.2) is 0 Å². The summed E-state index contributed by atoms with van der Waals surface area (Å²) in [6.45, 7) is 4.68. The second-order valence-corrected chi connectivity index (χ2v) is 11.5. The van der Waals surface area contributed by atoms with Crippen LogP contribution < -0.4 is 26.3 Å². The van der Waals surface area contributed by atoms with Crippen molar-refractivity contribution in [2.45, 2.75) is 89.0 Å². The van der Waals surface area contributed by atoms with Gasteiger partial charge in [-0.3, -0.25) is 14.3 Å². The van der Waals surface area contributed by atoms with Gasteiger partial charge in [0.25, 0.3) is 11.8 Å². The number of hydrogen-bond acceptors (Lipinski definition) is 8. The van der Waals surface area contributed by atoms with Gasteiger partial charge in [-0.25, -0.2) is 4.52 Å². The second-order valence-electron chi connectivity index (χ2n) is 11.5. The number of nitrogens with two attached hydrogens (primary N) is 2. The summed E-state index contributed by atoms with van der Waals surface area (Å²) < 4.78 is 15.4. The second kappa shape index (κ2) is 11.5. The van der Waals surface area contributed by atoms with Crippen molar-refractivity contribution in [1.82, 2.24) is 24.7 Å². The lowest BCUT2D eigenvalue weighted by molar-refractivity contribution is 0.0279. The summed E-state index contributed by atoms with van der Waals surface area (Å²) in [6, 6.07) is 3.71. The fraction of sp³-hybridized carbons (Fsp3) is 0.571. The Balaban J connectivity index is 1.21. The van der Waals surface area contributed by atoms with Gasteiger partial charge in [0.1, 0.15) is 24.0 Å². The van der Waals surface area contributed by atoms with Gasteiger partial charge >= 0.3 is 0 Å². The standard InChI is InChI=1S/C28H39N7O5/c1-28(2,38)16-39-23-11-10-22-20(14-31-35(22)24(23)17-4-5-17)26(37)32-18-6-8-19(9-7-18)40-27-21(25(30)36)15-34(33-27)13-3-12-29/h10-11,14-15,17-19,38H,3-9,12-13,16,29H2,1-2H3,(H2,30,36)(H,32,37)/t18-,19-. The van der Waals surface area contributed by atoms with Crippen LogP contribution in [0.1, 0.15) is 91.1 Å². The van der Waals surface area contributed by atoms with Gasteiger partial charge in [-0.15, -0.1) is 5.10 Å². The van der Waals surface area contributed by atoms with E-state index >= 15 is 0 Å². The van der Waals surface area contributed by atoms with Gasteiger partial charge in [0, 0.05) is 24.7 Å². The van der Waals surface area contributed by atoms with Crippen molar-refractivity contribution in [2.75, 3.05) is 13.2 Å². The van der Waals surface area contributed by atoms with Crippen molar-refractivity contribution in [3.05, 3.63) is 41.3 Å². The Kier molecular flexibility index (Phi) is 7.99. The van der Waals surface area contributed by atoms with Gasteiger partial charge in [-0.1, -0.05) is 0 Å². The summed E-state index contributed by atoms with van der Waals surface area (Å²) in [6.07, 6.45) is 8.79. The van der Waals surface area contributed by atoms with Crippen molar-refractivity contribution in [1.29, 1.82) is 0 Å². The Morgan fingerprint density at radius 2 is 1.90 bits per heavy atom. The minimum atomic E-state index is -0.953. The first-order valence-electron chi connectivity index (χ1n) is 14.0. The fourth-order valence-electron chi connectivity index (χ4n) is 5.11. The Hall–Kier alpha value is -3.64. The number of pyridine rings is 1. The molecule has 0 aromatic carbocycles. The number of primary amides is 1. The van der Waals surface area contributed by atoms with Gasteiger partial charge < -0.3 is 31.4 Å². The summed E-state index contributed by atoms with van der Waals surface area (Å²) in [7, 11) is 0. The number of nitrogens with zero attached hydrogens (tertiary/aromatic N) is 4. The van der Waals surface area contributed by atoms with Crippen molar-refractivity contribution in [3.8, 4) is 11.6 Å². The maximum Gasteiger partial charge on any atom is 0.255 e. The molecule has 0 spiro atoms. The molecule has 0 saturated heterocycles. The molecular formula is C28H39N7O5. The third-order valence-corrected chi connectivity index (χ3v) is 7.34. The third-order valence-electron chi connectivity index (χ3n) is 7.34. The molecule has 2 amide bonds. The first kappa shape index (κ1) is 27.9. The smallest absolute Gasteiger partial charge is 0.255 e. The van der Waals surface area contributed by atoms with Crippen LogP contribution in [-0.4, -0.2) is 67.2 Å². The highest BCUT2D eigenvalue weighted by Gasteiger charge is 2.32. The van der Waals surface area contributed by atoms with Crippen LogP contribution in [0.4, 0.5) is 0 Å². The van der Waals surface area contributed by atoms with Gasteiger partial charge in [-0.2, -0.15) is 5.10 Å². The molecule has 3 heterocycles. The minimum Gasteiger partial charge on any atom is -0.489 e. The first-order chi connectivity index (χ1) is 19.1. The number of carbonyl (C=O) groups excluding carboxylic acids is 2. The lowest BCUT2D eigenvalue weighted by Gasteiger charge is -2.29. The SMILES string of the molecule is CC(C)(O)COc1ccc2c(C(=O)N[C@H]3CC[C@H](Oc4nn(CCCN)cc4C(N)=O)CC3)cnn2c1C1CC1. The van der Waals surface area contributed by atoms with Crippen LogP contribution in [0.3, 0.4) is 0 Å². The number of aromatic nitrogens is 4. The lowest BCUT2D eigenvalue weighted by atomic mass is 9.92. The van der Waals surface area contributed by atoms with E-state index in [2.05, 4.69) is 15.5 Å². The normalized spacial score (nSPS) is 19.5. The molecule has 0 bridgehead atoms. The maximum atomic E-state index is 13.3. The number of aliphatic hydroxyl groups is 1. The highest BCUT2D eigenvalue weighted by molar-refractivity contribution is 6.01. The van der Waals surface area contributed by atoms with Crippen molar-refractivity contribution in [2.24, 2.45) is 11.5 Å². The highest BCUT2D eigenvalue weighted by Crippen LogP contribution is 2.44. The Morgan fingerprint density at radius 3 is 2.55 bits per heavy atom. The van der Waals surface area contributed by atoms with Gasteiger partial charge in [0.05, 0.1) is 28.6 Å². The fourth-order valence-corrected chi connectivity index (χ4v) is 5.11. The monoisotopic (exact) mass is 553 g/mol. The summed E-state index contributed by atoms with van der Waals surface area (Å²) >= 11 is 0. The third kappa shape index (κ3) is 6.39. The summed E-state index contributed by atoms with van der Waals surface area (Å²) in [4.78, 5) is 25.2. The average Bonchev–Trinajstić information content (AvgIpc) is 3.52. The molecule has 0 aliphatic heterocycles. The molecule has 2 saturated carbocycles. The zero-order valence-electron chi connectivity index (χ0n) is 23.1. The molecule has 2 aliphatic rings. The van der Waals surface area contributed by atoms with Gasteiger partial charge in [-0.05, 0) is 77.5 Å². The molecule has 40 heavy (non-hydrogen) atoms. The molecule has 0 atom stereocenters. The zero-order chi connectivity index (χ0) is 28.4. The molecule has 3 aromatic heterocycles. The quantitative estimate of drug-likeness (QED) is 0.264.